The van der Waals surface area contributed by atoms with E-state index in [0.717, 1.165) is 28.7 Å². The highest BCUT2D eigenvalue weighted by Crippen LogP contribution is 2.46. The summed E-state index contributed by atoms with van der Waals surface area (Å²) < 4.78 is 28.5. The minimum atomic E-state index is -0.875. The predicted octanol–water partition coefficient (Wildman–Crippen LogP) is 4.66. The van der Waals surface area contributed by atoms with Crippen LogP contribution in [0.2, 0.25) is 1.41 Å². The normalized spacial score (nSPS) is 14.7. The Labute approximate surface area is 237 Å². The first-order valence-corrected chi connectivity index (χ1v) is 13.9. The summed E-state index contributed by atoms with van der Waals surface area (Å²) in [5.41, 5.74) is 6.36. The van der Waals surface area contributed by atoms with E-state index >= 15 is 0 Å². The van der Waals surface area contributed by atoms with Gasteiger partial charge in [-0.15, -0.1) is 0 Å². The summed E-state index contributed by atoms with van der Waals surface area (Å²) in [5, 5.41) is 8.99. The lowest BCUT2D eigenvalue weighted by Gasteiger charge is -2.15. The van der Waals surface area contributed by atoms with Crippen molar-refractivity contribution < 1.29 is 39.8 Å². The quantitative estimate of drug-likeness (QED) is 0.188. The summed E-state index contributed by atoms with van der Waals surface area (Å²) in [4.78, 5) is 37.7. The maximum Gasteiger partial charge on any atom is 0.404 e. The number of ketones is 2. The number of nitrogens with two attached hydrogens (primary N) is 1. The van der Waals surface area contributed by atoms with Gasteiger partial charge in [0.2, 0.25) is 0 Å². The zero-order valence-corrected chi connectivity index (χ0v) is 23.4. The average molecular weight is 557 g/mol. The van der Waals surface area contributed by atoms with Crippen LogP contribution in [0.1, 0.15) is 83.2 Å². The highest BCUT2D eigenvalue weighted by Gasteiger charge is 2.31. The molecule has 0 saturated carbocycles. The topological polar surface area (TPSA) is 134 Å². The van der Waals surface area contributed by atoms with Crippen molar-refractivity contribution in [3.05, 3.63) is 58.7 Å². The van der Waals surface area contributed by atoms with Gasteiger partial charge >= 0.3 is 6.09 Å². The largest absolute Gasteiger partial charge is 0.449 e. The lowest BCUT2D eigenvalue weighted by Crippen LogP contribution is -2.18. The Morgan fingerprint density at radius 1 is 0.925 bits per heavy atom. The molecule has 3 N–H and O–H groups in total. The molecule has 1 aliphatic carbocycles. The molecule has 0 saturated heterocycles. The van der Waals surface area contributed by atoms with E-state index in [1.807, 2.05) is 31.2 Å². The third-order valence-corrected chi connectivity index (χ3v) is 6.99. The zero-order valence-electron chi connectivity index (χ0n) is 24.4. The van der Waals surface area contributed by atoms with Crippen molar-refractivity contribution >= 4 is 17.7 Å². The van der Waals surface area contributed by atoms with Crippen LogP contribution in [-0.4, -0.2) is 75.6 Å². The number of carbonyl (C=O) groups is 3. The number of fused-ring (bicyclic) bond motifs is 3. The molecule has 1 aliphatic rings. The number of methoxy groups -OCH3 is 1. The van der Waals surface area contributed by atoms with E-state index in [-0.39, 0.29) is 36.8 Å². The van der Waals surface area contributed by atoms with Crippen molar-refractivity contribution in [2.45, 2.75) is 57.5 Å². The number of rotatable bonds is 19. The molecule has 0 radical (unpaired) electrons. The van der Waals surface area contributed by atoms with Gasteiger partial charge in [0.25, 0.3) is 0 Å². The molecule has 2 atom stereocenters. The van der Waals surface area contributed by atoms with E-state index in [9.17, 15) is 14.4 Å². The molecule has 0 heterocycles. The first-order chi connectivity index (χ1) is 19.9. The molecule has 0 fully saturated rings. The van der Waals surface area contributed by atoms with Gasteiger partial charge in [0.15, 0.2) is 13.0 Å². The molecule has 0 spiro atoms. The van der Waals surface area contributed by atoms with Crippen molar-refractivity contribution in [2.24, 2.45) is 5.73 Å². The van der Waals surface area contributed by atoms with Crippen molar-refractivity contribution in [3.63, 3.8) is 0 Å². The fourth-order valence-electron chi connectivity index (χ4n) is 4.86. The minimum Gasteiger partial charge on any atom is -0.449 e. The van der Waals surface area contributed by atoms with Gasteiger partial charge in [-0.3, -0.25) is 9.59 Å². The lowest BCUT2D eigenvalue weighted by molar-refractivity contribution is 0.0451. The second kappa shape index (κ2) is 16.2. The van der Waals surface area contributed by atoms with E-state index in [0.29, 0.717) is 69.7 Å². The Kier molecular flexibility index (Phi) is 12.1. The fraction of sp³-hybridized carbons (Fsp3) is 0.516. The highest BCUT2D eigenvalue weighted by atomic mass is 16.5. The second-order valence-corrected chi connectivity index (χ2v) is 9.96. The first kappa shape index (κ1) is 29.9. The van der Waals surface area contributed by atoms with Gasteiger partial charge in [0, 0.05) is 70.0 Å². The number of hydrogen-bond acceptors (Lipinski definition) is 8. The van der Waals surface area contributed by atoms with Crippen LogP contribution in [0.3, 0.4) is 0 Å². The van der Waals surface area contributed by atoms with E-state index in [4.69, 9.17) is 25.5 Å². The number of ether oxygens (including phenoxy) is 4. The second-order valence-electron chi connectivity index (χ2n) is 9.96. The summed E-state index contributed by atoms with van der Waals surface area (Å²) in [6, 6.07) is 11.1. The van der Waals surface area contributed by atoms with Gasteiger partial charge < -0.3 is 29.8 Å². The van der Waals surface area contributed by atoms with Crippen molar-refractivity contribution in [1.82, 2.24) is 0 Å². The van der Waals surface area contributed by atoms with Crippen molar-refractivity contribution in [3.8, 4) is 11.1 Å². The Bertz CT molecular complexity index is 1170. The molecule has 9 nitrogen and oxygen atoms in total. The molecule has 2 unspecified atom stereocenters. The number of hydrogen-bond donors (Lipinski definition) is 2. The number of benzene rings is 2. The third-order valence-electron chi connectivity index (χ3n) is 6.99. The van der Waals surface area contributed by atoms with Gasteiger partial charge in [-0.05, 0) is 67.0 Å². The molecular weight excluding hydrogens is 514 g/mol. The van der Waals surface area contributed by atoms with Gasteiger partial charge in [0.05, 0.1) is 6.10 Å². The number of primary amides is 1. The van der Waals surface area contributed by atoms with Crippen LogP contribution >= 0.6 is 0 Å². The number of Topliss-reactive ketones (excluding diaryl/α,β-unsaturated/α-hetero) is 2. The molecule has 0 aliphatic heterocycles. The summed E-state index contributed by atoms with van der Waals surface area (Å²) in [5.74, 6) is -0.408. The Morgan fingerprint density at radius 2 is 1.52 bits per heavy atom. The minimum absolute atomic E-state index is 0.000732. The van der Waals surface area contributed by atoms with Gasteiger partial charge in [-0.2, -0.15) is 0 Å². The molecule has 2 aromatic carbocycles. The number of aliphatic hydroxyl groups is 1. The third kappa shape index (κ3) is 8.96. The van der Waals surface area contributed by atoms with Crippen LogP contribution in [0.5, 0.6) is 0 Å². The summed E-state index contributed by atoms with van der Waals surface area (Å²) in [7, 11) is 1.65. The zero-order chi connectivity index (χ0) is 29.6. The Morgan fingerprint density at radius 3 is 2.10 bits per heavy atom. The van der Waals surface area contributed by atoms with Crippen LogP contribution in [0, 0.1) is 0 Å². The predicted molar refractivity (Wildman–Crippen MR) is 151 cm³/mol. The van der Waals surface area contributed by atoms with E-state index < -0.39 is 6.09 Å². The van der Waals surface area contributed by atoms with E-state index in [2.05, 4.69) is 0 Å². The SMILES string of the molecule is [2H]NC(=O)OCC1c2cc(C(=O)CCCOCCCOC)ccc2-c2ccc(C(=O)CCCOC(C)CCO)cc21. The van der Waals surface area contributed by atoms with Crippen LogP contribution in [0.25, 0.3) is 11.1 Å². The van der Waals surface area contributed by atoms with Crippen LogP contribution in [-0.2, 0) is 18.9 Å². The maximum atomic E-state index is 13.0. The molecule has 40 heavy (non-hydrogen) atoms. The molecule has 1 amide bonds. The molecule has 0 bridgehead atoms. The summed E-state index contributed by atoms with van der Waals surface area (Å²) >= 11 is 0. The first-order valence-electron chi connectivity index (χ1n) is 14.4. The van der Waals surface area contributed by atoms with Gasteiger partial charge in [-0.1, -0.05) is 24.3 Å². The van der Waals surface area contributed by atoms with Crippen LogP contribution < -0.4 is 5.73 Å². The molecule has 0 aromatic heterocycles. The number of amides is 1. The Hall–Kier alpha value is -3.11. The molecule has 218 valence electrons. The smallest absolute Gasteiger partial charge is 0.404 e. The molecule has 2 aromatic rings. The number of aliphatic hydroxyl groups excluding tert-OH is 1. The average Bonchev–Trinajstić information content (AvgIpc) is 3.29. The monoisotopic (exact) mass is 556 g/mol. The van der Waals surface area contributed by atoms with E-state index in [1.54, 1.807) is 25.0 Å². The van der Waals surface area contributed by atoms with Crippen molar-refractivity contribution in [2.75, 3.05) is 46.8 Å². The van der Waals surface area contributed by atoms with Gasteiger partial charge in [0.1, 0.15) is 6.61 Å². The number of carbonyl (C=O) groups excluding carboxylic acids is 3. The summed E-state index contributed by atoms with van der Waals surface area (Å²) in [6.07, 6.45) is 2.25. The standard InChI is InChI=1S/C31H41NO8/c1-21(12-13-33)39-17-4-7-30(35)23-9-11-25-24-10-8-22(29(34)6-3-15-38-16-5-14-37-2)18-26(24)28(27(25)19-23)20-40-31(32)36/h8-11,18-19,21,28,33H,3-7,12-17,20H2,1-2H3,(H2,32,36)/i/hD. The van der Waals surface area contributed by atoms with Crippen molar-refractivity contribution in [1.29, 1.82) is 0 Å². The van der Waals surface area contributed by atoms with Crippen LogP contribution in [0.15, 0.2) is 36.4 Å². The lowest BCUT2D eigenvalue weighted by atomic mass is 9.93. The molecule has 3 rings (SSSR count). The fourth-order valence-corrected chi connectivity index (χ4v) is 4.86. The maximum absolute atomic E-state index is 13.0. The van der Waals surface area contributed by atoms with E-state index in [1.165, 1.54) is 0 Å². The summed E-state index contributed by atoms with van der Waals surface area (Å²) in [6.45, 7) is 4.07. The molecule has 9 heteroatoms. The Balaban J connectivity index is 1.71. The van der Waals surface area contributed by atoms with Gasteiger partial charge in [-0.25, -0.2) is 4.79 Å². The highest BCUT2D eigenvalue weighted by molar-refractivity contribution is 5.99. The molecular formula is C31H41NO8. The van der Waals surface area contributed by atoms with Crippen LogP contribution in [0.4, 0.5) is 4.79 Å².